The molecule has 0 saturated heterocycles. The summed E-state index contributed by atoms with van der Waals surface area (Å²) in [5.74, 6) is 0.308. The fourth-order valence-corrected chi connectivity index (χ4v) is 4.51. The summed E-state index contributed by atoms with van der Waals surface area (Å²) in [6.07, 6.45) is 2.27. The van der Waals surface area contributed by atoms with E-state index in [2.05, 4.69) is 5.32 Å². The molecule has 0 bridgehead atoms. The molecule has 6 heteroatoms. The minimum atomic E-state index is -3.88. The van der Waals surface area contributed by atoms with E-state index >= 15 is 0 Å². The fourth-order valence-electron chi connectivity index (χ4n) is 2.89. The highest BCUT2D eigenvalue weighted by Gasteiger charge is 2.30. The molecular formula is C15H20ClNO3S. The Balaban J connectivity index is 2.45. The maximum atomic E-state index is 12.5. The molecule has 1 fully saturated rings. The van der Waals surface area contributed by atoms with Crippen molar-refractivity contribution in [2.24, 2.45) is 5.92 Å². The van der Waals surface area contributed by atoms with Crippen LogP contribution in [0.1, 0.15) is 46.8 Å². The second-order valence-electron chi connectivity index (χ2n) is 5.88. The lowest BCUT2D eigenvalue weighted by atomic mass is 9.98. The number of carbonyl (C=O) groups is 1. The zero-order valence-corrected chi connectivity index (χ0v) is 14.2. The van der Waals surface area contributed by atoms with Crippen LogP contribution in [0.15, 0.2) is 11.0 Å². The molecule has 1 N–H and O–H groups in total. The van der Waals surface area contributed by atoms with Crippen LogP contribution in [0, 0.1) is 26.7 Å². The highest BCUT2D eigenvalue weighted by Crippen LogP contribution is 2.33. The van der Waals surface area contributed by atoms with Crippen LogP contribution in [0.3, 0.4) is 0 Å². The first-order valence-corrected chi connectivity index (χ1v) is 9.30. The Kier molecular flexibility index (Phi) is 4.36. The van der Waals surface area contributed by atoms with E-state index in [0.717, 1.165) is 18.4 Å². The van der Waals surface area contributed by atoms with Crippen molar-refractivity contribution in [2.75, 3.05) is 0 Å². The molecule has 1 amide bonds. The van der Waals surface area contributed by atoms with Crippen LogP contribution in [0.25, 0.3) is 0 Å². The fraction of sp³-hybridized carbons (Fsp3) is 0.533. The van der Waals surface area contributed by atoms with E-state index in [4.69, 9.17) is 10.7 Å². The summed E-state index contributed by atoms with van der Waals surface area (Å²) < 4.78 is 23.5. The van der Waals surface area contributed by atoms with Gasteiger partial charge in [-0.05, 0) is 63.1 Å². The maximum Gasteiger partial charge on any atom is 0.261 e. The van der Waals surface area contributed by atoms with E-state index in [1.807, 2.05) is 6.92 Å². The van der Waals surface area contributed by atoms with Gasteiger partial charge >= 0.3 is 0 Å². The van der Waals surface area contributed by atoms with Gasteiger partial charge in [0.25, 0.3) is 15.0 Å². The summed E-state index contributed by atoms with van der Waals surface area (Å²) in [6.45, 7) is 7.10. The zero-order valence-electron chi connectivity index (χ0n) is 12.7. The molecule has 0 radical (unpaired) electrons. The van der Waals surface area contributed by atoms with Crippen molar-refractivity contribution in [3.63, 3.8) is 0 Å². The van der Waals surface area contributed by atoms with Gasteiger partial charge in [-0.25, -0.2) is 8.42 Å². The van der Waals surface area contributed by atoms with E-state index in [-0.39, 0.29) is 16.8 Å². The lowest BCUT2D eigenvalue weighted by molar-refractivity contribution is 0.0934. The standard InChI is InChI=1S/C15H20ClNO3S/c1-8-7-9(2)14(21(16,19)20)10(3)13(8)15(18)17-11(4)12-5-6-12/h7,11-12H,5-6H2,1-4H3,(H,17,18). The molecule has 0 aromatic heterocycles. The van der Waals surface area contributed by atoms with Crippen LogP contribution >= 0.6 is 10.7 Å². The Morgan fingerprint density at radius 1 is 1.29 bits per heavy atom. The van der Waals surface area contributed by atoms with Crippen LogP contribution in [-0.2, 0) is 9.05 Å². The third kappa shape index (κ3) is 3.40. The number of hydrogen-bond acceptors (Lipinski definition) is 3. The molecule has 1 aliphatic rings. The van der Waals surface area contributed by atoms with E-state index in [1.165, 1.54) is 0 Å². The zero-order chi connectivity index (χ0) is 15.9. The number of rotatable bonds is 4. The van der Waals surface area contributed by atoms with Gasteiger partial charge in [0.05, 0.1) is 4.90 Å². The maximum absolute atomic E-state index is 12.5. The van der Waals surface area contributed by atoms with E-state index in [0.29, 0.717) is 22.6 Å². The molecule has 1 aromatic rings. The first kappa shape index (κ1) is 16.3. The highest BCUT2D eigenvalue weighted by molar-refractivity contribution is 8.13. The van der Waals surface area contributed by atoms with E-state index in [9.17, 15) is 13.2 Å². The van der Waals surface area contributed by atoms with Gasteiger partial charge in [0.15, 0.2) is 0 Å². The average molecular weight is 330 g/mol. The molecule has 0 spiro atoms. The topological polar surface area (TPSA) is 63.2 Å². The van der Waals surface area contributed by atoms with Crippen LogP contribution < -0.4 is 5.32 Å². The number of benzene rings is 1. The third-order valence-electron chi connectivity index (χ3n) is 4.06. The molecule has 1 aliphatic carbocycles. The second-order valence-corrected chi connectivity index (χ2v) is 8.38. The number of aryl methyl sites for hydroxylation is 2. The monoisotopic (exact) mass is 329 g/mol. The third-order valence-corrected chi connectivity index (χ3v) is 5.64. The number of carbonyl (C=O) groups excluding carboxylic acids is 1. The van der Waals surface area contributed by atoms with Crippen LogP contribution in [0.5, 0.6) is 0 Å². The molecule has 4 nitrogen and oxygen atoms in total. The first-order chi connectivity index (χ1) is 9.62. The van der Waals surface area contributed by atoms with Gasteiger partial charge in [-0.15, -0.1) is 0 Å². The van der Waals surface area contributed by atoms with Crippen molar-refractivity contribution in [3.05, 3.63) is 28.3 Å². The Labute approximate surface area is 130 Å². The molecule has 0 heterocycles. The predicted octanol–water partition coefficient (Wildman–Crippen LogP) is 3.07. The summed E-state index contributed by atoms with van der Waals surface area (Å²) in [5.41, 5.74) is 2.15. The molecule has 0 aliphatic heterocycles. The molecule has 1 saturated carbocycles. The van der Waals surface area contributed by atoms with E-state index < -0.39 is 9.05 Å². The quantitative estimate of drug-likeness (QED) is 0.863. The van der Waals surface area contributed by atoms with Crippen molar-refractivity contribution < 1.29 is 13.2 Å². The van der Waals surface area contributed by atoms with Crippen molar-refractivity contribution in [1.29, 1.82) is 0 Å². The van der Waals surface area contributed by atoms with Gasteiger partial charge in [-0.3, -0.25) is 4.79 Å². The highest BCUT2D eigenvalue weighted by atomic mass is 35.7. The van der Waals surface area contributed by atoms with Crippen LogP contribution in [0.4, 0.5) is 0 Å². The first-order valence-electron chi connectivity index (χ1n) is 6.99. The normalized spacial score (nSPS) is 16.6. The summed E-state index contributed by atoms with van der Waals surface area (Å²) in [6, 6.07) is 1.80. The number of nitrogens with one attached hydrogen (secondary N) is 1. The van der Waals surface area contributed by atoms with Crippen molar-refractivity contribution in [2.45, 2.75) is 51.5 Å². The summed E-state index contributed by atoms with van der Waals surface area (Å²) in [5, 5.41) is 2.96. The van der Waals surface area contributed by atoms with Gasteiger partial charge in [0, 0.05) is 22.3 Å². The van der Waals surface area contributed by atoms with Crippen LogP contribution in [-0.4, -0.2) is 20.4 Å². The number of hydrogen-bond donors (Lipinski definition) is 1. The minimum absolute atomic E-state index is 0.0407. The minimum Gasteiger partial charge on any atom is -0.349 e. The van der Waals surface area contributed by atoms with Gasteiger partial charge in [0.2, 0.25) is 0 Å². The Morgan fingerprint density at radius 2 is 1.86 bits per heavy atom. The van der Waals surface area contributed by atoms with Gasteiger partial charge in [-0.2, -0.15) is 0 Å². The number of amides is 1. The van der Waals surface area contributed by atoms with Crippen molar-refractivity contribution >= 4 is 25.6 Å². The van der Waals surface area contributed by atoms with E-state index in [1.54, 1.807) is 26.8 Å². The molecule has 1 atom stereocenters. The summed E-state index contributed by atoms with van der Waals surface area (Å²) >= 11 is 0. The van der Waals surface area contributed by atoms with Gasteiger partial charge in [0.1, 0.15) is 0 Å². The summed E-state index contributed by atoms with van der Waals surface area (Å²) in [7, 11) is 1.63. The van der Waals surface area contributed by atoms with Crippen molar-refractivity contribution in [3.8, 4) is 0 Å². The largest absolute Gasteiger partial charge is 0.349 e. The molecule has 2 rings (SSSR count). The lowest BCUT2D eigenvalue weighted by Crippen LogP contribution is -2.35. The predicted molar refractivity (Wildman–Crippen MR) is 83.3 cm³/mol. The molecular weight excluding hydrogens is 310 g/mol. The Morgan fingerprint density at radius 3 is 2.33 bits per heavy atom. The smallest absolute Gasteiger partial charge is 0.261 e. The summed E-state index contributed by atoms with van der Waals surface area (Å²) in [4.78, 5) is 12.5. The number of halogens is 1. The van der Waals surface area contributed by atoms with Crippen molar-refractivity contribution in [1.82, 2.24) is 5.32 Å². The van der Waals surface area contributed by atoms with Gasteiger partial charge in [-0.1, -0.05) is 6.07 Å². The average Bonchev–Trinajstić information content (AvgIpc) is 3.08. The lowest BCUT2D eigenvalue weighted by Gasteiger charge is -2.18. The SMILES string of the molecule is Cc1cc(C)c(S(=O)(=O)Cl)c(C)c1C(=O)NC(C)C1CC1. The Bertz CT molecular complexity index is 693. The molecule has 116 valence electrons. The van der Waals surface area contributed by atoms with Crippen LogP contribution in [0.2, 0.25) is 0 Å². The molecule has 1 unspecified atom stereocenters. The second kappa shape index (κ2) is 5.61. The van der Waals surface area contributed by atoms with Gasteiger partial charge < -0.3 is 5.32 Å². The molecule has 1 aromatic carbocycles. The molecule has 21 heavy (non-hydrogen) atoms. The Hall–Kier alpha value is -1.07.